The van der Waals surface area contributed by atoms with E-state index in [1.54, 1.807) is 0 Å². The van der Waals surface area contributed by atoms with Gasteiger partial charge in [-0.05, 0) is 104 Å². The molecule has 2 fully saturated rings. The highest BCUT2D eigenvalue weighted by Crippen LogP contribution is 2.43. The molecule has 322 valence electrons. The van der Waals surface area contributed by atoms with Gasteiger partial charge in [0.15, 0.2) is 0 Å². The zero-order chi connectivity index (χ0) is 42.9. The summed E-state index contributed by atoms with van der Waals surface area (Å²) in [4.78, 5) is 72.5. The fourth-order valence-electron chi connectivity index (χ4n) is 9.99. The number of alkyl carbamates (subject to hydrolysis) is 1. The van der Waals surface area contributed by atoms with Gasteiger partial charge in [0, 0.05) is 23.5 Å². The minimum Gasteiger partial charge on any atom is -0.488 e. The molecule has 3 aromatic carbocycles. The molecule has 0 bridgehead atoms. The number of imidazole rings is 2. The Morgan fingerprint density at radius 3 is 2.54 bits per heavy atom. The zero-order valence-electron chi connectivity index (χ0n) is 36.0. The van der Waals surface area contributed by atoms with E-state index in [0.29, 0.717) is 31.8 Å². The first-order valence-corrected chi connectivity index (χ1v) is 22.0. The van der Waals surface area contributed by atoms with Crippen LogP contribution in [0.2, 0.25) is 0 Å². The third-order valence-corrected chi connectivity index (χ3v) is 13.2. The SMILES string of the molecule is CCC(c1nc2c(ccc3cc4c(cc32)OCc2cc(-c3cnc([C@@H]5CC[C@H](C)N5C(=O)C(NC=O)C(C)C)[nH]3)ccc2-4)[nH]1)N(CC)C(=O)[C@@H](NC(=O)OC)C1CCCCC1. The number of likely N-dealkylation sites (N-methyl/N-ethyl adjacent to an activating group) is 1. The number of rotatable bonds is 13. The van der Waals surface area contributed by atoms with Crippen molar-refractivity contribution in [2.24, 2.45) is 11.8 Å². The molecule has 0 spiro atoms. The van der Waals surface area contributed by atoms with Crippen molar-refractivity contribution in [2.75, 3.05) is 13.7 Å². The lowest BCUT2D eigenvalue weighted by molar-refractivity contribution is -0.139. The van der Waals surface area contributed by atoms with Gasteiger partial charge in [0.2, 0.25) is 18.2 Å². The number of fused-ring (bicyclic) bond motifs is 6. The summed E-state index contributed by atoms with van der Waals surface area (Å²) >= 11 is 0. The number of methoxy groups -OCH3 is 1. The number of hydrogen-bond acceptors (Lipinski definition) is 8. The summed E-state index contributed by atoms with van der Waals surface area (Å²) in [5, 5.41) is 7.58. The maximum absolute atomic E-state index is 14.3. The Hall–Kier alpha value is -5.92. The van der Waals surface area contributed by atoms with E-state index in [2.05, 4.69) is 63.9 Å². The molecule has 1 saturated carbocycles. The average Bonchev–Trinajstić information content (AvgIpc) is 4.04. The molecule has 8 rings (SSSR count). The molecule has 1 aliphatic carbocycles. The average molecular weight is 831 g/mol. The minimum absolute atomic E-state index is 0.0290. The molecule has 4 amide bonds. The first kappa shape index (κ1) is 41.8. The van der Waals surface area contributed by atoms with Crippen LogP contribution >= 0.6 is 0 Å². The number of aromatic nitrogens is 4. The fraction of sp³-hybridized carbons (Fsp3) is 0.489. The van der Waals surface area contributed by atoms with Gasteiger partial charge in [0.1, 0.15) is 36.1 Å². The number of carbonyl (C=O) groups is 4. The molecule has 1 saturated heterocycles. The molecule has 14 heteroatoms. The molecule has 2 aromatic heterocycles. The first-order chi connectivity index (χ1) is 29.5. The topological polar surface area (TPSA) is 175 Å². The second kappa shape index (κ2) is 17.6. The summed E-state index contributed by atoms with van der Waals surface area (Å²) < 4.78 is 11.4. The van der Waals surface area contributed by atoms with Gasteiger partial charge in [-0.2, -0.15) is 0 Å². The molecule has 0 radical (unpaired) electrons. The van der Waals surface area contributed by atoms with E-state index in [-0.39, 0.29) is 41.8 Å². The minimum atomic E-state index is -0.661. The van der Waals surface area contributed by atoms with E-state index in [4.69, 9.17) is 19.4 Å². The van der Waals surface area contributed by atoms with Crippen molar-refractivity contribution in [1.82, 2.24) is 40.4 Å². The molecule has 4 N–H and O–H groups in total. The van der Waals surface area contributed by atoms with Crippen LogP contribution in [-0.4, -0.2) is 85.8 Å². The van der Waals surface area contributed by atoms with Crippen molar-refractivity contribution in [3.05, 3.63) is 65.9 Å². The second-order valence-electron chi connectivity index (χ2n) is 17.2. The van der Waals surface area contributed by atoms with Gasteiger partial charge in [-0.3, -0.25) is 14.4 Å². The Morgan fingerprint density at radius 1 is 1.02 bits per heavy atom. The lowest BCUT2D eigenvalue weighted by Crippen LogP contribution is -2.53. The highest BCUT2D eigenvalue weighted by atomic mass is 16.5. The van der Waals surface area contributed by atoms with Gasteiger partial charge in [-0.1, -0.05) is 58.2 Å². The largest absolute Gasteiger partial charge is 0.488 e. The van der Waals surface area contributed by atoms with Crippen molar-refractivity contribution in [2.45, 2.75) is 123 Å². The molecule has 14 nitrogen and oxygen atoms in total. The number of carbonyl (C=O) groups excluding carboxylic acids is 4. The standard InChI is InChI=1S/C47H58N8O6/c1-7-37(54(8-2)45(57)41(53-47(59)60-6)28-12-10-9-11-13-28)44-50-35-18-16-29-21-34-32-17-15-30(20-31(32)24-61-39(34)22-33(29)42(35)52-44)36-23-48-43(51-36)38-19-14-27(5)55(38)46(58)40(26(3)4)49-25-56/h15-18,20-23,25-28,37-38,40-41H,7-14,19,24H2,1-6H3,(H,48,51)(H,49,56)(H,50,52)(H,53,59)/t27-,37?,38-,40?,41-/m0/s1. The van der Waals surface area contributed by atoms with Crippen LogP contribution in [0.25, 0.3) is 44.2 Å². The van der Waals surface area contributed by atoms with E-state index in [9.17, 15) is 19.2 Å². The van der Waals surface area contributed by atoms with Crippen LogP contribution < -0.4 is 15.4 Å². The predicted molar refractivity (Wildman–Crippen MR) is 233 cm³/mol. The number of amides is 4. The van der Waals surface area contributed by atoms with Gasteiger partial charge in [0.25, 0.3) is 0 Å². The Morgan fingerprint density at radius 2 is 1.82 bits per heavy atom. The van der Waals surface area contributed by atoms with E-state index >= 15 is 0 Å². The molecule has 2 unspecified atom stereocenters. The Bertz CT molecular complexity index is 2430. The van der Waals surface area contributed by atoms with Crippen molar-refractivity contribution in [3.8, 4) is 28.1 Å². The monoisotopic (exact) mass is 830 g/mol. The predicted octanol–water partition coefficient (Wildman–Crippen LogP) is 8.09. The van der Waals surface area contributed by atoms with Crippen LogP contribution in [0.4, 0.5) is 4.79 Å². The molecular formula is C47H58N8O6. The Kier molecular flexibility index (Phi) is 12.1. The molecule has 5 atom stereocenters. The van der Waals surface area contributed by atoms with Crippen LogP contribution in [0, 0.1) is 11.8 Å². The van der Waals surface area contributed by atoms with Gasteiger partial charge < -0.3 is 39.9 Å². The number of H-pyrrole nitrogens is 2. The number of likely N-dealkylation sites (tertiary alicyclic amines) is 1. The zero-order valence-corrected chi connectivity index (χ0v) is 36.0. The Labute approximate surface area is 356 Å². The summed E-state index contributed by atoms with van der Waals surface area (Å²) in [6, 6.07) is 13.0. The number of hydrogen-bond donors (Lipinski definition) is 4. The quantitative estimate of drug-likeness (QED) is 0.0862. The normalized spacial score (nSPS) is 19.2. The lowest BCUT2D eigenvalue weighted by atomic mass is 9.83. The van der Waals surface area contributed by atoms with Crippen molar-refractivity contribution in [3.63, 3.8) is 0 Å². The molecule has 4 heterocycles. The second-order valence-corrected chi connectivity index (χ2v) is 17.2. The highest BCUT2D eigenvalue weighted by Gasteiger charge is 2.41. The summed E-state index contributed by atoms with van der Waals surface area (Å²) in [7, 11) is 1.33. The Balaban J connectivity index is 1.05. The van der Waals surface area contributed by atoms with E-state index in [1.165, 1.54) is 7.11 Å². The smallest absolute Gasteiger partial charge is 0.407 e. The maximum atomic E-state index is 14.3. The number of nitrogens with one attached hydrogen (secondary N) is 4. The molecule has 61 heavy (non-hydrogen) atoms. The number of nitrogens with zero attached hydrogens (tertiary/aromatic N) is 4. The van der Waals surface area contributed by atoms with Gasteiger partial charge in [-0.25, -0.2) is 14.8 Å². The fourth-order valence-corrected chi connectivity index (χ4v) is 9.99. The lowest BCUT2D eigenvalue weighted by Gasteiger charge is -2.36. The molecule has 3 aliphatic rings. The van der Waals surface area contributed by atoms with Crippen LogP contribution in [0.15, 0.2) is 48.7 Å². The van der Waals surface area contributed by atoms with Crippen LogP contribution in [-0.2, 0) is 25.7 Å². The van der Waals surface area contributed by atoms with Gasteiger partial charge >= 0.3 is 6.09 Å². The maximum Gasteiger partial charge on any atom is 0.407 e. The van der Waals surface area contributed by atoms with Crippen molar-refractivity contribution in [1.29, 1.82) is 0 Å². The summed E-state index contributed by atoms with van der Waals surface area (Å²) in [6.07, 6.45) is 9.12. The first-order valence-electron chi connectivity index (χ1n) is 22.0. The molecule has 2 aliphatic heterocycles. The molecule has 5 aromatic rings. The van der Waals surface area contributed by atoms with Gasteiger partial charge in [0.05, 0.1) is 42.1 Å². The van der Waals surface area contributed by atoms with Crippen LogP contribution in [0.5, 0.6) is 5.75 Å². The highest BCUT2D eigenvalue weighted by molar-refractivity contribution is 6.07. The van der Waals surface area contributed by atoms with E-state index in [1.807, 2.05) is 49.8 Å². The third kappa shape index (κ3) is 7.92. The number of benzene rings is 3. The van der Waals surface area contributed by atoms with Crippen LogP contribution in [0.1, 0.15) is 115 Å². The summed E-state index contributed by atoms with van der Waals surface area (Å²) in [5.74, 6) is 2.03. The van der Waals surface area contributed by atoms with Gasteiger partial charge in [-0.15, -0.1) is 0 Å². The number of ether oxygens (including phenoxy) is 2. The number of aromatic amines is 2. The molecular weight excluding hydrogens is 773 g/mol. The summed E-state index contributed by atoms with van der Waals surface area (Å²) in [5.41, 5.74) is 6.66. The third-order valence-electron chi connectivity index (χ3n) is 13.2. The summed E-state index contributed by atoms with van der Waals surface area (Å²) in [6.45, 7) is 10.8. The van der Waals surface area contributed by atoms with E-state index in [0.717, 1.165) is 106 Å². The van der Waals surface area contributed by atoms with Crippen LogP contribution in [0.3, 0.4) is 0 Å². The van der Waals surface area contributed by atoms with Crippen molar-refractivity contribution < 1.29 is 28.7 Å². The van der Waals surface area contributed by atoms with Crippen molar-refractivity contribution >= 4 is 46.1 Å². The van der Waals surface area contributed by atoms with E-state index < -0.39 is 18.2 Å².